The van der Waals surface area contributed by atoms with Crippen LogP contribution in [0.1, 0.15) is 37.8 Å². The highest BCUT2D eigenvalue weighted by Gasteiger charge is 2.22. The zero-order valence-electron chi connectivity index (χ0n) is 11.5. The van der Waals surface area contributed by atoms with Gasteiger partial charge in [-0.15, -0.1) is 0 Å². The second kappa shape index (κ2) is 6.68. The maximum Gasteiger partial charge on any atom is 0.239 e. The summed E-state index contributed by atoms with van der Waals surface area (Å²) in [6.45, 7) is 2.65. The molecule has 1 aliphatic carbocycles. The molecule has 0 amide bonds. The van der Waals surface area contributed by atoms with Crippen LogP contribution in [0, 0.1) is 6.92 Å². The number of hydrogen-bond donors (Lipinski definition) is 3. The lowest BCUT2D eigenvalue weighted by molar-refractivity contribution is 0.289. The Kier molecular flexibility index (Phi) is 4.93. The zero-order valence-corrected chi connectivity index (χ0v) is 11.5. The Morgan fingerprint density at radius 1 is 1.37 bits per heavy atom. The van der Waals surface area contributed by atoms with Crippen molar-refractivity contribution in [1.29, 1.82) is 0 Å². The number of hydrogen-bond acceptors (Lipinski definition) is 6. The van der Waals surface area contributed by atoms with Crippen molar-refractivity contribution < 1.29 is 5.11 Å². The van der Waals surface area contributed by atoms with Crippen LogP contribution in [0.2, 0.25) is 0 Å². The van der Waals surface area contributed by atoms with E-state index in [1.807, 2.05) is 13.0 Å². The summed E-state index contributed by atoms with van der Waals surface area (Å²) in [7, 11) is 0. The van der Waals surface area contributed by atoms with E-state index in [1.54, 1.807) is 0 Å². The van der Waals surface area contributed by atoms with Gasteiger partial charge in [0.1, 0.15) is 5.82 Å². The van der Waals surface area contributed by atoms with Gasteiger partial charge in [0.05, 0.1) is 6.61 Å². The number of nitrogens with two attached hydrogens (primary N) is 1. The fraction of sp³-hybridized carbons (Fsp3) is 0.692. The van der Waals surface area contributed by atoms with Crippen LogP contribution in [0.3, 0.4) is 0 Å². The Bertz CT molecular complexity index is 406. The van der Waals surface area contributed by atoms with Crippen LogP contribution >= 0.6 is 0 Å². The van der Waals surface area contributed by atoms with Gasteiger partial charge in [-0.2, -0.15) is 4.98 Å². The van der Waals surface area contributed by atoms with Gasteiger partial charge in [-0.1, -0.05) is 19.3 Å². The van der Waals surface area contributed by atoms with Crippen molar-refractivity contribution in [3.63, 3.8) is 0 Å². The number of aliphatic hydroxyl groups excluding tert-OH is 1. The van der Waals surface area contributed by atoms with E-state index in [2.05, 4.69) is 20.3 Å². The molecule has 6 heteroatoms. The van der Waals surface area contributed by atoms with Crippen molar-refractivity contribution in [2.75, 3.05) is 23.5 Å². The topological polar surface area (TPSA) is 87.3 Å². The molecule has 0 spiro atoms. The number of nitrogen functional groups attached to an aromatic ring is 1. The Hall–Kier alpha value is -1.40. The molecule has 4 N–H and O–H groups in total. The number of aromatic nitrogens is 2. The third-order valence-electron chi connectivity index (χ3n) is 3.62. The lowest BCUT2D eigenvalue weighted by atomic mass is 9.94. The first-order valence-corrected chi connectivity index (χ1v) is 6.94. The smallest absolute Gasteiger partial charge is 0.239 e. The summed E-state index contributed by atoms with van der Waals surface area (Å²) in [5.74, 6) is 6.67. The van der Waals surface area contributed by atoms with E-state index in [-0.39, 0.29) is 6.61 Å². The van der Waals surface area contributed by atoms with Crippen molar-refractivity contribution in [2.45, 2.75) is 45.1 Å². The third-order valence-corrected chi connectivity index (χ3v) is 3.62. The molecular weight excluding hydrogens is 242 g/mol. The van der Waals surface area contributed by atoms with Crippen molar-refractivity contribution in [1.82, 2.24) is 9.97 Å². The molecule has 0 radical (unpaired) electrons. The molecule has 2 rings (SSSR count). The minimum Gasteiger partial charge on any atom is -0.395 e. The number of nitrogens with one attached hydrogen (secondary N) is 1. The van der Waals surface area contributed by atoms with E-state index >= 15 is 0 Å². The number of hydrazine groups is 1. The summed E-state index contributed by atoms with van der Waals surface area (Å²) in [5, 5.41) is 9.30. The fourth-order valence-corrected chi connectivity index (χ4v) is 2.75. The average molecular weight is 265 g/mol. The Labute approximate surface area is 114 Å². The van der Waals surface area contributed by atoms with E-state index in [1.165, 1.54) is 19.3 Å². The van der Waals surface area contributed by atoms with Gasteiger partial charge in [-0.05, 0) is 19.8 Å². The van der Waals surface area contributed by atoms with Crippen molar-refractivity contribution in [2.24, 2.45) is 5.84 Å². The molecule has 1 aromatic rings. The molecule has 0 bridgehead atoms. The van der Waals surface area contributed by atoms with E-state index in [0.717, 1.165) is 24.4 Å². The van der Waals surface area contributed by atoms with E-state index < -0.39 is 0 Å². The van der Waals surface area contributed by atoms with Gasteiger partial charge < -0.3 is 10.0 Å². The van der Waals surface area contributed by atoms with E-state index in [9.17, 15) is 5.11 Å². The molecule has 1 heterocycles. The predicted molar refractivity (Wildman–Crippen MR) is 75.9 cm³/mol. The summed E-state index contributed by atoms with van der Waals surface area (Å²) in [4.78, 5) is 10.8. The summed E-state index contributed by atoms with van der Waals surface area (Å²) in [6.07, 6.45) is 6.13. The first-order valence-electron chi connectivity index (χ1n) is 6.94. The molecule has 1 aromatic heterocycles. The minimum absolute atomic E-state index is 0.130. The fourth-order valence-electron chi connectivity index (χ4n) is 2.75. The predicted octanol–water partition coefficient (Wildman–Crippen LogP) is 1.20. The van der Waals surface area contributed by atoms with Gasteiger partial charge in [-0.25, -0.2) is 10.8 Å². The molecule has 0 atom stereocenters. The highest BCUT2D eigenvalue weighted by molar-refractivity contribution is 5.45. The maximum atomic E-state index is 9.30. The monoisotopic (exact) mass is 265 g/mol. The van der Waals surface area contributed by atoms with Gasteiger partial charge in [0.25, 0.3) is 0 Å². The van der Waals surface area contributed by atoms with Gasteiger partial charge >= 0.3 is 0 Å². The molecule has 0 saturated heterocycles. The van der Waals surface area contributed by atoms with Crippen molar-refractivity contribution in [3.05, 3.63) is 11.8 Å². The molecule has 19 heavy (non-hydrogen) atoms. The zero-order chi connectivity index (χ0) is 13.7. The van der Waals surface area contributed by atoms with Crippen LogP contribution in [0.15, 0.2) is 6.07 Å². The average Bonchev–Trinajstić information content (AvgIpc) is 2.45. The lowest BCUT2D eigenvalue weighted by Gasteiger charge is -2.35. The SMILES string of the molecule is Cc1cc(N(CCO)C2CCCCC2)nc(NN)n1. The second-order valence-corrected chi connectivity index (χ2v) is 5.04. The van der Waals surface area contributed by atoms with Crippen LogP contribution in [-0.4, -0.2) is 34.3 Å². The first-order chi connectivity index (χ1) is 9.24. The van der Waals surface area contributed by atoms with Gasteiger partial charge in [0.15, 0.2) is 0 Å². The number of aliphatic hydroxyl groups is 1. The maximum absolute atomic E-state index is 9.30. The number of aryl methyl sites for hydroxylation is 1. The van der Waals surface area contributed by atoms with Gasteiger partial charge in [-0.3, -0.25) is 5.43 Å². The van der Waals surface area contributed by atoms with Crippen molar-refractivity contribution >= 4 is 11.8 Å². The molecule has 0 unspecified atom stereocenters. The molecule has 0 aromatic carbocycles. The number of anilines is 2. The standard InChI is InChI=1S/C13H23N5O/c1-10-9-12(16-13(15-10)17-14)18(7-8-19)11-5-3-2-4-6-11/h9,11,19H,2-8,14H2,1H3,(H,15,16,17). The molecule has 1 saturated carbocycles. The normalized spacial score (nSPS) is 16.4. The molecular formula is C13H23N5O. The van der Waals surface area contributed by atoms with Crippen LogP contribution in [0.4, 0.5) is 11.8 Å². The lowest BCUT2D eigenvalue weighted by Crippen LogP contribution is -2.39. The van der Waals surface area contributed by atoms with Gasteiger partial charge in [0.2, 0.25) is 5.95 Å². The molecule has 106 valence electrons. The van der Waals surface area contributed by atoms with Crippen molar-refractivity contribution in [3.8, 4) is 0 Å². The minimum atomic E-state index is 0.130. The van der Waals surface area contributed by atoms with E-state index in [4.69, 9.17) is 5.84 Å². The summed E-state index contributed by atoms with van der Waals surface area (Å²) in [5.41, 5.74) is 3.37. The molecule has 1 fully saturated rings. The first kappa shape index (κ1) is 14.0. The largest absolute Gasteiger partial charge is 0.395 e. The summed E-state index contributed by atoms with van der Waals surface area (Å²) >= 11 is 0. The van der Waals surface area contributed by atoms with E-state index in [0.29, 0.717) is 18.5 Å². The van der Waals surface area contributed by atoms with Crippen LogP contribution in [-0.2, 0) is 0 Å². The highest BCUT2D eigenvalue weighted by atomic mass is 16.3. The second-order valence-electron chi connectivity index (χ2n) is 5.04. The quantitative estimate of drug-likeness (QED) is 0.548. The molecule has 0 aliphatic heterocycles. The summed E-state index contributed by atoms with van der Waals surface area (Å²) in [6, 6.07) is 2.41. The Morgan fingerprint density at radius 3 is 2.74 bits per heavy atom. The van der Waals surface area contributed by atoms with Crippen LogP contribution in [0.5, 0.6) is 0 Å². The van der Waals surface area contributed by atoms with Gasteiger partial charge in [0, 0.05) is 24.3 Å². The molecule has 1 aliphatic rings. The number of nitrogens with zero attached hydrogens (tertiary/aromatic N) is 3. The van der Waals surface area contributed by atoms with Crippen LogP contribution < -0.4 is 16.2 Å². The number of rotatable bonds is 5. The Balaban J connectivity index is 2.24. The Morgan fingerprint density at radius 2 is 2.11 bits per heavy atom. The third kappa shape index (κ3) is 3.54. The highest BCUT2D eigenvalue weighted by Crippen LogP contribution is 2.26. The van der Waals surface area contributed by atoms with Crippen LogP contribution in [0.25, 0.3) is 0 Å². The molecule has 6 nitrogen and oxygen atoms in total. The summed E-state index contributed by atoms with van der Waals surface area (Å²) < 4.78 is 0.